The van der Waals surface area contributed by atoms with E-state index < -0.39 is 11.6 Å². The number of halogens is 2. The van der Waals surface area contributed by atoms with Crippen LogP contribution in [0.1, 0.15) is 6.42 Å². The molecule has 2 aromatic heterocycles. The van der Waals surface area contributed by atoms with Crippen LogP contribution in [0.4, 0.5) is 14.6 Å². The lowest BCUT2D eigenvalue weighted by atomic mass is 10.0. The first kappa shape index (κ1) is 16.7. The number of hydrogen-bond donors (Lipinski definition) is 0. The molecule has 0 bridgehead atoms. The second kappa shape index (κ2) is 6.64. The minimum absolute atomic E-state index is 0.602. The molecule has 1 saturated heterocycles. The predicted molar refractivity (Wildman–Crippen MR) is 105 cm³/mol. The molecule has 5 rings (SSSR count). The summed E-state index contributed by atoms with van der Waals surface area (Å²) in [7, 11) is 0. The van der Waals surface area contributed by atoms with Gasteiger partial charge in [-0.3, -0.25) is 4.98 Å². The molecule has 6 heteroatoms. The van der Waals surface area contributed by atoms with Crippen LogP contribution < -0.4 is 4.90 Å². The van der Waals surface area contributed by atoms with Gasteiger partial charge in [-0.15, -0.1) is 0 Å². The first-order valence-electron chi connectivity index (χ1n) is 9.11. The molecule has 1 aliphatic heterocycles. The summed E-state index contributed by atoms with van der Waals surface area (Å²) in [5.74, 6) is -0.222. The van der Waals surface area contributed by atoms with Crippen LogP contribution >= 0.6 is 0 Å². The van der Waals surface area contributed by atoms with E-state index in [1.54, 1.807) is 18.5 Å². The molecule has 28 heavy (non-hydrogen) atoms. The van der Waals surface area contributed by atoms with Gasteiger partial charge in [-0.2, -0.15) is 0 Å². The van der Waals surface area contributed by atoms with Crippen molar-refractivity contribution in [3.8, 4) is 22.5 Å². The van der Waals surface area contributed by atoms with Crippen molar-refractivity contribution < 1.29 is 8.78 Å². The maximum Gasteiger partial charge on any atom is 0.163 e. The summed E-state index contributed by atoms with van der Waals surface area (Å²) in [6.45, 7) is 1.92. The van der Waals surface area contributed by atoms with Crippen molar-refractivity contribution in [2.24, 2.45) is 0 Å². The van der Waals surface area contributed by atoms with Crippen LogP contribution in [0.15, 0.2) is 60.9 Å². The zero-order valence-corrected chi connectivity index (χ0v) is 14.9. The van der Waals surface area contributed by atoms with Gasteiger partial charge in [-0.25, -0.2) is 18.7 Å². The Morgan fingerprint density at radius 2 is 1.64 bits per heavy atom. The Bertz CT molecular complexity index is 1170. The summed E-state index contributed by atoms with van der Waals surface area (Å²) in [6, 6.07) is 13.4. The molecule has 0 spiro atoms. The van der Waals surface area contributed by atoms with Crippen molar-refractivity contribution >= 4 is 16.7 Å². The minimum Gasteiger partial charge on any atom is -0.356 e. The fourth-order valence-electron chi connectivity index (χ4n) is 3.36. The van der Waals surface area contributed by atoms with Gasteiger partial charge in [0.05, 0.1) is 5.52 Å². The lowest BCUT2D eigenvalue weighted by molar-refractivity contribution is 0.509. The number of hydrogen-bond acceptors (Lipinski definition) is 4. The van der Waals surface area contributed by atoms with Gasteiger partial charge in [-0.1, -0.05) is 12.1 Å². The third kappa shape index (κ3) is 2.87. The number of rotatable bonds is 3. The SMILES string of the molecule is Fc1ccc(-c2ccc3c(N4CCC4)nc(-c4cccnc4)nc3c2)cc1F. The molecular formula is C22H16F2N4. The number of fused-ring (bicyclic) bond motifs is 1. The maximum atomic E-state index is 13.7. The summed E-state index contributed by atoms with van der Waals surface area (Å²) in [5.41, 5.74) is 2.98. The van der Waals surface area contributed by atoms with Gasteiger partial charge in [0.15, 0.2) is 17.5 Å². The van der Waals surface area contributed by atoms with Gasteiger partial charge < -0.3 is 4.90 Å². The van der Waals surface area contributed by atoms with E-state index in [0.717, 1.165) is 53.4 Å². The van der Waals surface area contributed by atoms with Crippen LogP contribution in [0, 0.1) is 11.6 Å². The van der Waals surface area contributed by atoms with Crippen molar-refractivity contribution in [3.05, 3.63) is 72.6 Å². The van der Waals surface area contributed by atoms with Crippen LogP contribution in [0.2, 0.25) is 0 Å². The molecule has 0 atom stereocenters. The second-order valence-corrected chi connectivity index (χ2v) is 6.81. The molecule has 3 heterocycles. The smallest absolute Gasteiger partial charge is 0.163 e. The number of anilines is 1. The normalized spacial score (nSPS) is 13.6. The van der Waals surface area contributed by atoms with Crippen molar-refractivity contribution in [3.63, 3.8) is 0 Å². The molecule has 0 unspecified atom stereocenters. The van der Waals surface area contributed by atoms with Crippen LogP contribution in [0.5, 0.6) is 0 Å². The van der Waals surface area contributed by atoms with E-state index in [4.69, 9.17) is 9.97 Å². The van der Waals surface area contributed by atoms with Crippen molar-refractivity contribution in [1.29, 1.82) is 0 Å². The quantitative estimate of drug-likeness (QED) is 0.514. The van der Waals surface area contributed by atoms with Gasteiger partial charge >= 0.3 is 0 Å². The number of nitrogens with zero attached hydrogens (tertiary/aromatic N) is 4. The van der Waals surface area contributed by atoms with E-state index in [0.29, 0.717) is 11.4 Å². The van der Waals surface area contributed by atoms with Crippen LogP contribution in [0.25, 0.3) is 33.4 Å². The minimum atomic E-state index is -0.863. The number of aromatic nitrogens is 3. The molecule has 1 fully saturated rings. The lowest BCUT2D eigenvalue weighted by Gasteiger charge is -2.33. The summed E-state index contributed by atoms with van der Waals surface area (Å²) >= 11 is 0. The summed E-state index contributed by atoms with van der Waals surface area (Å²) in [6.07, 6.45) is 4.59. The highest BCUT2D eigenvalue weighted by atomic mass is 19.2. The Balaban J connectivity index is 1.69. The highest BCUT2D eigenvalue weighted by molar-refractivity contribution is 5.94. The Labute approximate surface area is 160 Å². The standard InChI is InChI=1S/C22H16F2N4/c23-18-7-5-14(11-19(18)24)15-4-6-17-20(12-15)26-21(16-3-1-8-25-13-16)27-22(17)28-9-2-10-28/h1,3-8,11-13H,2,9-10H2. The third-order valence-electron chi connectivity index (χ3n) is 5.01. The largest absolute Gasteiger partial charge is 0.356 e. The predicted octanol–water partition coefficient (Wildman–Crippen LogP) is 4.85. The second-order valence-electron chi connectivity index (χ2n) is 6.81. The van der Waals surface area contributed by atoms with E-state index >= 15 is 0 Å². The highest BCUT2D eigenvalue weighted by Crippen LogP contribution is 2.33. The molecule has 4 nitrogen and oxygen atoms in total. The number of benzene rings is 2. The van der Waals surface area contributed by atoms with Crippen LogP contribution in [-0.4, -0.2) is 28.0 Å². The first-order valence-corrected chi connectivity index (χ1v) is 9.11. The Morgan fingerprint density at radius 3 is 2.36 bits per heavy atom. The van der Waals surface area contributed by atoms with E-state index in [2.05, 4.69) is 9.88 Å². The molecule has 0 radical (unpaired) electrons. The van der Waals surface area contributed by atoms with Gasteiger partial charge in [0.2, 0.25) is 0 Å². The summed E-state index contributed by atoms with van der Waals surface area (Å²) in [4.78, 5) is 15.9. The van der Waals surface area contributed by atoms with E-state index in [-0.39, 0.29) is 0 Å². The van der Waals surface area contributed by atoms with Gasteiger partial charge in [-0.05, 0) is 53.9 Å². The fourth-order valence-corrected chi connectivity index (χ4v) is 3.36. The zero-order chi connectivity index (χ0) is 19.1. The Morgan fingerprint density at radius 1 is 0.821 bits per heavy atom. The average Bonchev–Trinajstić information content (AvgIpc) is 2.69. The molecule has 2 aromatic carbocycles. The third-order valence-corrected chi connectivity index (χ3v) is 5.01. The maximum absolute atomic E-state index is 13.7. The zero-order valence-electron chi connectivity index (χ0n) is 14.9. The molecule has 0 saturated carbocycles. The summed E-state index contributed by atoms with van der Waals surface area (Å²) < 4.78 is 27.0. The molecule has 1 aliphatic rings. The fraction of sp³-hybridized carbons (Fsp3) is 0.136. The molecule has 138 valence electrons. The topological polar surface area (TPSA) is 41.9 Å². The van der Waals surface area contributed by atoms with E-state index in [1.807, 2.05) is 30.3 Å². The van der Waals surface area contributed by atoms with Crippen molar-refractivity contribution in [1.82, 2.24) is 15.0 Å². The Kier molecular flexibility index (Phi) is 3.97. The molecule has 0 amide bonds. The molecule has 0 N–H and O–H groups in total. The van der Waals surface area contributed by atoms with Crippen molar-refractivity contribution in [2.45, 2.75) is 6.42 Å². The lowest BCUT2D eigenvalue weighted by Crippen LogP contribution is -2.37. The Hall–Kier alpha value is -3.41. The van der Waals surface area contributed by atoms with Gasteiger partial charge in [0, 0.05) is 36.4 Å². The highest BCUT2D eigenvalue weighted by Gasteiger charge is 2.21. The molecular weight excluding hydrogens is 358 g/mol. The van der Waals surface area contributed by atoms with E-state index in [1.165, 1.54) is 6.07 Å². The van der Waals surface area contributed by atoms with Crippen LogP contribution in [-0.2, 0) is 0 Å². The first-order chi connectivity index (χ1) is 13.7. The van der Waals surface area contributed by atoms with Crippen molar-refractivity contribution in [2.75, 3.05) is 18.0 Å². The summed E-state index contributed by atoms with van der Waals surface area (Å²) in [5, 5.41) is 0.943. The average molecular weight is 374 g/mol. The van der Waals surface area contributed by atoms with Gasteiger partial charge in [0.1, 0.15) is 5.82 Å². The van der Waals surface area contributed by atoms with E-state index in [9.17, 15) is 8.78 Å². The van der Waals surface area contributed by atoms with Gasteiger partial charge in [0.25, 0.3) is 0 Å². The number of pyridine rings is 1. The molecule has 0 aliphatic carbocycles. The monoisotopic (exact) mass is 374 g/mol. The molecule has 4 aromatic rings. The van der Waals surface area contributed by atoms with Crippen LogP contribution in [0.3, 0.4) is 0 Å².